The Morgan fingerprint density at radius 3 is 1.97 bits per heavy atom. The number of hydrogen-bond acceptors (Lipinski definition) is 4. The van der Waals surface area contributed by atoms with Crippen LogP contribution in [0.1, 0.15) is 50.2 Å². The van der Waals surface area contributed by atoms with Crippen LogP contribution in [0.5, 0.6) is 11.5 Å². The number of aromatic hydroxyl groups is 1. The number of hydrogen-bond donors (Lipinski definition) is 3. The van der Waals surface area contributed by atoms with E-state index in [1.165, 1.54) is 0 Å². The largest absolute Gasteiger partial charge is 0.507 e. The molecule has 3 N–H and O–H groups in total. The zero-order chi connectivity index (χ0) is 21.2. The van der Waals surface area contributed by atoms with E-state index >= 15 is 0 Å². The lowest BCUT2D eigenvalue weighted by atomic mass is 9.96. The van der Waals surface area contributed by atoms with Gasteiger partial charge in [-0.25, -0.2) is 0 Å². The minimum absolute atomic E-state index is 0.0974. The van der Waals surface area contributed by atoms with Gasteiger partial charge < -0.3 is 20.1 Å². The first-order chi connectivity index (χ1) is 13.9. The second kappa shape index (κ2) is 11.1. The van der Waals surface area contributed by atoms with Gasteiger partial charge in [0.1, 0.15) is 11.5 Å². The van der Waals surface area contributed by atoms with Gasteiger partial charge in [-0.15, -0.1) is 0 Å². The highest BCUT2D eigenvalue weighted by molar-refractivity contribution is 5.77. The summed E-state index contributed by atoms with van der Waals surface area (Å²) in [5.74, 6) is -0.865. The van der Waals surface area contributed by atoms with Crippen LogP contribution in [0.2, 0.25) is 0 Å². The van der Waals surface area contributed by atoms with Crippen molar-refractivity contribution in [2.24, 2.45) is 0 Å². The minimum atomic E-state index is -0.826. The van der Waals surface area contributed by atoms with Crippen molar-refractivity contribution in [1.29, 1.82) is 0 Å². The lowest BCUT2D eigenvalue weighted by molar-refractivity contribution is -0.138. The molecular weight excluding hydrogens is 372 g/mol. The van der Waals surface area contributed by atoms with Gasteiger partial charge in [0.05, 0.1) is 6.61 Å². The Morgan fingerprint density at radius 1 is 0.862 bits per heavy atom. The van der Waals surface area contributed by atoms with Crippen LogP contribution < -0.4 is 4.74 Å². The third-order valence-electron chi connectivity index (χ3n) is 4.57. The molecule has 0 spiro atoms. The average molecular weight is 400 g/mol. The Bertz CT molecular complexity index is 843. The number of benzene rings is 2. The van der Waals surface area contributed by atoms with E-state index in [9.17, 15) is 14.7 Å². The molecule has 6 nitrogen and oxygen atoms in total. The molecule has 0 bridgehead atoms. The van der Waals surface area contributed by atoms with Crippen LogP contribution in [0.15, 0.2) is 36.4 Å². The molecule has 6 heteroatoms. The molecule has 0 saturated carbocycles. The van der Waals surface area contributed by atoms with Crippen molar-refractivity contribution >= 4 is 11.9 Å². The Hall–Kier alpha value is -3.02. The molecule has 0 saturated heterocycles. The van der Waals surface area contributed by atoms with Crippen LogP contribution in [0, 0.1) is 0 Å². The van der Waals surface area contributed by atoms with Crippen molar-refractivity contribution in [2.45, 2.75) is 51.9 Å². The summed E-state index contributed by atoms with van der Waals surface area (Å²) in [6.07, 6.45) is 3.32. The van der Waals surface area contributed by atoms with Crippen LogP contribution in [-0.4, -0.2) is 33.9 Å². The molecule has 0 radical (unpaired) electrons. The SMILES string of the molecule is CCCOc1ccc(CCCC(=O)O)cc1-c1cc(CCCC(=O)O)ccc1O. The predicted molar refractivity (Wildman–Crippen MR) is 110 cm³/mol. The number of ether oxygens (including phenoxy) is 1. The summed E-state index contributed by atoms with van der Waals surface area (Å²) in [6, 6.07) is 11.0. The Balaban J connectivity index is 2.32. The van der Waals surface area contributed by atoms with E-state index in [0.717, 1.165) is 23.1 Å². The molecule has 2 rings (SSSR count). The highest BCUT2D eigenvalue weighted by Crippen LogP contribution is 2.38. The van der Waals surface area contributed by atoms with Gasteiger partial charge in [0.15, 0.2) is 0 Å². The van der Waals surface area contributed by atoms with Gasteiger partial charge in [-0.05, 0) is 67.5 Å². The van der Waals surface area contributed by atoms with Crippen LogP contribution in [0.25, 0.3) is 11.1 Å². The third-order valence-corrected chi connectivity index (χ3v) is 4.57. The van der Waals surface area contributed by atoms with Gasteiger partial charge in [0.2, 0.25) is 0 Å². The number of phenolic OH excluding ortho intramolecular Hbond substituents is 1. The zero-order valence-electron chi connectivity index (χ0n) is 16.7. The fraction of sp³-hybridized carbons (Fsp3) is 0.391. The van der Waals surface area contributed by atoms with E-state index in [-0.39, 0.29) is 18.6 Å². The van der Waals surface area contributed by atoms with Gasteiger partial charge in [0, 0.05) is 24.0 Å². The number of carbonyl (C=O) groups is 2. The Kier molecular flexibility index (Phi) is 8.52. The van der Waals surface area contributed by atoms with Gasteiger partial charge >= 0.3 is 11.9 Å². The Morgan fingerprint density at radius 2 is 1.41 bits per heavy atom. The second-order valence-electron chi connectivity index (χ2n) is 7.03. The van der Waals surface area contributed by atoms with Crippen LogP contribution >= 0.6 is 0 Å². The summed E-state index contributed by atoms with van der Waals surface area (Å²) in [7, 11) is 0. The first-order valence-electron chi connectivity index (χ1n) is 9.92. The fourth-order valence-corrected chi connectivity index (χ4v) is 3.12. The molecular formula is C23H28O6. The van der Waals surface area contributed by atoms with E-state index in [2.05, 4.69) is 0 Å². The standard InChI is InChI=1S/C23H28O6/c1-2-13-29-21-12-10-17(6-4-8-23(27)28)15-19(21)18-14-16(9-11-20(18)24)5-3-7-22(25)26/h9-12,14-15,24H,2-8,13H2,1H3,(H,25,26)(H,27,28). The topological polar surface area (TPSA) is 104 Å². The molecule has 0 heterocycles. The lowest BCUT2D eigenvalue weighted by Gasteiger charge is -2.15. The smallest absolute Gasteiger partial charge is 0.303 e. The number of phenols is 1. The lowest BCUT2D eigenvalue weighted by Crippen LogP contribution is -2.00. The number of carboxylic acid groups (broad SMARTS) is 2. The maximum atomic E-state index is 10.8. The molecule has 2 aromatic rings. The summed E-state index contributed by atoms with van der Waals surface area (Å²) in [5.41, 5.74) is 3.30. The molecule has 0 fully saturated rings. The molecule has 29 heavy (non-hydrogen) atoms. The van der Waals surface area contributed by atoms with Crippen LogP contribution in [0.4, 0.5) is 0 Å². The Labute approximate surface area is 170 Å². The van der Waals surface area contributed by atoms with E-state index in [1.54, 1.807) is 12.1 Å². The highest BCUT2D eigenvalue weighted by atomic mass is 16.5. The number of aliphatic carboxylic acids is 2. The maximum Gasteiger partial charge on any atom is 0.303 e. The normalized spacial score (nSPS) is 10.7. The average Bonchev–Trinajstić information content (AvgIpc) is 2.67. The first-order valence-corrected chi connectivity index (χ1v) is 9.92. The maximum absolute atomic E-state index is 10.8. The fourth-order valence-electron chi connectivity index (χ4n) is 3.12. The minimum Gasteiger partial charge on any atom is -0.507 e. The van der Waals surface area contributed by atoms with Gasteiger partial charge in [0.25, 0.3) is 0 Å². The van der Waals surface area contributed by atoms with Gasteiger partial charge in [-0.1, -0.05) is 19.1 Å². The third kappa shape index (κ3) is 7.14. The molecule has 156 valence electrons. The predicted octanol–water partition coefficient (Wildman–Crippen LogP) is 4.66. The summed E-state index contributed by atoms with van der Waals surface area (Å²) in [6.45, 7) is 2.56. The first kappa shape index (κ1) is 22.3. The second-order valence-corrected chi connectivity index (χ2v) is 7.03. The van der Waals surface area contributed by atoms with Crippen molar-refractivity contribution in [1.82, 2.24) is 0 Å². The monoisotopic (exact) mass is 400 g/mol. The molecule has 0 unspecified atom stereocenters. The quantitative estimate of drug-likeness (QED) is 0.479. The molecule has 0 aromatic heterocycles. The van der Waals surface area contributed by atoms with Gasteiger partial charge in [-0.2, -0.15) is 0 Å². The number of rotatable bonds is 12. The summed E-state index contributed by atoms with van der Waals surface area (Å²) < 4.78 is 5.86. The summed E-state index contributed by atoms with van der Waals surface area (Å²) >= 11 is 0. The molecule has 0 amide bonds. The van der Waals surface area contributed by atoms with Crippen molar-refractivity contribution in [2.75, 3.05) is 6.61 Å². The van der Waals surface area contributed by atoms with Crippen molar-refractivity contribution in [3.8, 4) is 22.6 Å². The van der Waals surface area contributed by atoms with E-state index in [4.69, 9.17) is 14.9 Å². The molecule has 2 aromatic carbocycles. The molecule has 0 aliphatic heterocycles. The molecule has 0 aliphatic rings. The summed E-state index contributed by atoms with van der Waals surface area (Å²) in [5, 5.41) is 28.1. The van der Waals surface area contributed by atoms with E-state index < -0.39 is 11.9 Å². The number of carboxylic acids is 2. The highest BCUT2D eigenvalue weighted by Gasteiger charge is 2.13. The molecule has 0 atom stereocenters. The van der Waals surface area contributed by atoms with Crippen LogP contribution in [0.3, 0.4) is 0 Å². The van der Waals surface area contributed by atoms with Crippen molar-refractivity contribution < 1.29 is 29.6 Å². The zero-order valence-corrected chi connectivity index (χ0v) is 16.7. The van der Waals surface area contributed by atoms with E-state index in [0.29, 0.717) is 43.6 Å². The van der Waals surface area contributed by atoms with Crippen molar-refractivity contribution in [3.05, 3.63) is 47.5 Å². The van der Waals surface area contributed by atoms with Crippen LogP contribution in [-0.2, 0) is 22.4 Å². The van der Waals surface area contributed by atoms with E-state index in [1.807, 2.05) is 31.2 Å². The molecule has 0 aliphatic carbocycles. The number of aryl methyl sites for hydroxylation is 2. The van der Waals surface area contributed by atoms with Crippen molar-refractivity contribution in [3.63, 3.8) is 0 Å². The summed E-state index contributed by atoms with van der Waals surface area (Å²) in [4.78, 5) is 21.5. The van der Waals surface area contributed by atoms with Gasteiger partial charge in [-0.3, -0.25) is 9.59 Å².